The first-order valence-corrected chi connectivity index (χ1v) is 4.66. The van der Waals surface area contributed by atoms with Crippen molar-refractivity contribution in [3.63, 3.8) is 0 Å². The number of halogens is 1. The molecule has 1 saturated heterocycles. The number of carbonyl (C=O) groups excluding carboxylic acids is 1. The summed E-state index contributed by atoms with van der Waals surface area (Å²) in [6.45, 7) is 1.81. The minimum atomic E-state index is 0.174. The van der Waals surface area contributed by atoms with Crippen molar-refractivity contribution >= 4 is 17.5 Å². The predicted octanol–water partition coefficient (Wildman–Crippen LogP) is 1.72. The van der Waals surface area contributed by atoms with E-state index >= 15 is 0 Å². The van der Waals surface area contributed by atoms with E-state index in [2.05, 4.69) is 0 Å². The van der Waals surface area contributed by atoms with Gasteiger partial charge in [-0.2, -0.15) is 0 Å². The Hall–Kier alpha value is -1.02. The molecule has 0 atom stereocenters. The van der Waals surface area contributed by atoms with Crippen LogP contribution in [0.5, 0.6) is 0 Å². The normalized spacial score (nSPS) is 14.4. The number of nitrogens with zero attached hydrogens (tertiary/aromatic N) is 1. The Balaban J connectivity index is 2.08. The van der Waals surface area contributed by atoms with Crippen molar-refractivity contribution in [2.45, 2.75) is 6.42 Å². The molecule has 0 aromatic heterocycles. The third kappa shape index (κ3) is 2.01. The Morgan fingerprint density at radius 1 is 1.38 bits per heavy atom. The summed E-state index contributed by atoms with van der Waals surface area (Å²) in [5.41, 5.74) is 0.918. The van der Waals surface area contributed by atoms with Crippen LogP contribution in [-0.2, 0) is 11.2 Å². The van der Waals surface area contributed by atoms with Crippen LogP contribution in [0.2, 0.25) is 5.02 Å². The fraction of sp³-hybridized carbons (Fsp3) is 0.300. The molecule has 1 aliphatic rings. The minimum Gasteiger partial charge on any atom is -0.339 e. The van der Waals surface area contributed by atoms with Crippen molar-refractivity contribution in [2.75, 3.05) is 13.1 Å². The highest BCUT2D eigenvalue weighted by atomic mass is 35.5. The molecule has 1 aromatic carbocycles. The second-order valence-corrected chi connectivity index (χ2v) is 3.56. The smallest absolute Gasteiger partial charge is 0.227 e. The van der Waals surface area contributed by atoms with Crippen molar-refractivity contribution < 1.29 is 4.79 Å². The number of hydrogen-bond donors (Lipinski definition) is 0. The number of benzene rings is 1. The molecule has 0 aliphatic carbocycles. The first kappa shape index (κ1) is 8.57. The van der Waals surface area contributed by atoms with Gasteiger partial charge in [-0.15, -0.1) is 0 Å². The van der Waals surface area contributed by atoms with Crippen LogP contribution in [0.15, 0.2) is 24.3 Å². The average molecular weight is 196 g/mol. The van der Waals surface area contributed by atoms with Gasteiger partial charge in [-0.1, -0.05) is 29.8 Å². The molecule has 2 rings (SSSR count). The SMILES string of the molecule is O=C(Cc1ccccc1Cl)N1CC1. The fourth-order valence-corrected chi connectivity index (χ4v) is 1.42. The van der Waals surface area contributed by atoms with Gasteiger partial charge in [0.1, 0.15) is 0 Å². The van der Waals surface area contributed by atoms with Crippen molar-refractivity contribution in [3.05, 3.63) is 34.9 Å². The molecule has 3 heteroatoms. The highest BCUT2D eigenvalue weighted by Gasteiger charge is 2.24. The molecule has 1 fully saturated rings. The predicted molar refractivity (Wildman–Crippen MR) is 51.7 cm³/mol. The number of rotatable bonds is 2. The van der Waals surface area contributed by atoms with Crippen molar-refractivity contribution in [3.8, 4) is 0 Å². The molecular weight excluding hydrogens is 186 g/mol. The van der Waals surface area contributed by atoms with E-state index in [4.69, 9.17) is 11.6 Å². The molecule has 0 spiro atoms. The van der Waals surface area contributed by atoms with Crippen LogP contribution < -0.4 is 0 Å². The van der Waals surface area contributed by atoms with E-state index in [0.29, 0.717) is 11.4 Å². The number of carbonyl (C=O) groups is 1. The lowest BCUT2D eigenvalue weighted by Crippen LogP contribution is -2.13. The lowest BCUT2D eigenvalue weighted by Gasteiger charge is -2.03. The van der Waals surface area contributed by atoms with Crippen LogP contribution >= 0.6 is 11.6 Å². The highest BCUT2D eigenvalue weighted by Crippen LogP contribution is 2.17. The molecule has 2 nitrogen and oxygen atoms in total. The van der Waals surface area contributed by atoms with Gasteiger partial charge < -0.3 is 4.90 Å². The summed E-state index contributed by atoms with van der Waals surface area (Å²) < 4.78 is 0. The zero-order chi connectivity index (χ0) is 9.26. The first-order valence-electron chi connectivity index (χ1n) is 4.28. The zero-order valence-corrected chi connectivity index (χ0v) is 7.92. The summed E-state index contributed by atoms with van der Waals surface area (Å²) in [5, 5.41) is 0.678. The molecule has 0 saturated carbocycles. The molecule has 1 amide bonds. The molecule has 0 bridgehead atoms. The van der Waals surface area contributed by atoms with E-state index in [-0.39, 0.29) is 5.91 Å². The Bertz CT molecular complexity index is 333. The van der Waals surface area contributed by atoms with Gasteiger partial charge in [0.2, 0.25) is 5.91 Å². The maximum Gasteiger partial charge on any atom is 0.227 e. The van der Waals surface area contributed by atoms with Gasteiger partial charge in [0.25, 0.3) is 0 Å². The molecule has 1 aromatic rings. The number of amides is 1. The van der Waals surface area contributed by atoms with Crippen molar-refractivity contribution in [1.82, 2.24) is 4.90 Å². The molecule has 1 heterocycles. The Labute approximate surface area is 82.1 Å². The molecule has 0 N–H and O–H groups in total. The van der Waals surface area contributed by atoms with E-state index in [1.54, 1.807) is 0 Å². The summed E-state index contributed by atoms with van der Waals surface area (Å²) in [6.07, 6.45) is 0.430. The number of hydrogen-bond acceptors (Lipinski definition) is 1. The lowest BCUT2D eigenvalue weighted by molar-refractivity contribution is -0.125. The van der Waals surface area contributed by atoms with Crippen LogP contribution in [0.1, 0.15) is 5.56 Å². The summed E-state index contributed by atoms with van der Waals surface area (Å²) >= 11 is 5.92. The monoisotopic (exact) mass is 195 g/mol. The summed E-state index contributed by atoms with van der Waals surface area (Å²) in [4.78, 5) is 13.2. The Kier molecular flexibility index (Phi) is 2.23. The minimum absolute atomic E-state index is 0.174. The maximum absolute atomic E-state index is 11.4. The third-order valence-corrected chi connectivity index (χ3v) is 2.47. The average Bonchev–Trinajstić information content (AvgIpc) is 2.91. The van der Waals surface area contributed by atoms with Crippen LogP contribution in [-0.4, -0.2) is 23.9 Å². The van der Waals surface area contributed by atoms with Crippen LogP contribution in [0.4, 0.5) is 0 Å². The molecule has 13 heavy (non-hydrogen) atoms. The van der Waals surface area contributed by atoms with Gasteiger partial charge in [-0.3, -0.25) is 4.79 Å². The van der Waals surface area contributed by atoms with Gasteiger partial charge >= 0.3 is 0 Å². The third-order valence-electron chi connectivity index (χ3n) is 2.10. The van der Waals surface area contributed by atoms with Gasteiger partial charge in [0, 0.05) is 18.1 Å². The molecule has 1 aliphatic heterocycles. The van der Waals surface area contributed by atoms with E-state index in [1.807, 2.05) is 29.2 Å². The highest BCUT2D eigenvalue weighted by molar-refractivity contribution is 6.31. The fourth-order valence-electron chi connectivity index (χ4n) is 1.22. The standard InChI is InChI=1S/C10H10ClNO/c11-9-4-2-1-3-8(9)7-10(13)12-5-6-12/h1-4H,5-7H2. The van der Waals surface area contributed by atoms with Crippen molar-refractivity contribution in [1.29, 1.82) is 0 Å². The summed E-state index contributed by atoms with van der Waals surface area (Å²) in [5.74, 6) is 0.174. The quantitative estimate of drug-likeness (QED) is 0.658. The second kappa shape index (κ2) is 3.38. The molecular formula is C10H10ClNO. The van der Waals surface area contributed by atoms with Crippen LogP contribution in [0.25, 0.3) is 0 Å². The van der Waals surface area contributed by atoms with Gasteiger partial charge in [0.05, 0.1) is 6.42 Å². The largest absolute Gasteiger partial charge is 0.339 e. The van der Waals surface area contributed by atoms with Gasteiger partial charge in [-0.05, 0) is 11.6 Å². The topological polar surface area (TPSA) is 20.1 Å². The Morgan fingerprint density at radius 2 is 2.08 bits per heavy atom. The van der Waals surface area contributed by atoms with Crippen molar-refractivity contribution in [2.24, 2.45) is 0 Å². The van der Waals surface area contributed by atoms with E-state index in [9.17, 15) is 4.79 Å². The molecule has 0 unspecified atom stereocenters. The van der Waals surface area contributed by atoms with E-state index in [0.717, 1.165) is 18.7 Å². The molecule has 68 valence electrons. The molecule has 0 radical (unpaired) electrons. The first-order chi connectivity index (χ1) is 6.27. The van der Waals surface area contributed by atoms with Crippen LogP contribution in [0, 0.1) is 0 Å². The van der Waals surface area contributed by atoms with Crippen LogP contribution in [0.3, 0.4) is 0 Å². The van der Waals surface area contributed by atoms with Gasteiger partial charge in [-0.25, -0.2) is 0 Å². The summed E-state index contributed by atoms with van der Waals surface area (Å²) in [6, 6.07) is 7.47. The zero-order valence-electron chi connectivity index (χ0n) is 7.16. The summed E-state index contributed by atoms with van der Waals surface area (Å²) in [7, 11) is 0. The van der Waals surface area contributed by atoms with E-state index in [1.165, 1.54) is 0 Å². The second-order valence-electron chi connectivity index (χ2n) is 3.15. The van der Waals surface area contributed by atoms with E-state index < -0.39 is 0 Å². The Morgan fingerprint density at radius 3 is 2.69 bits per heavy atom. The lowest BCUT2D eigenvalue weighted by atomic mass is 10.1. The maximum atomic E-state index is 11.4. The van der Waals surface area contributed by atoms with Gasteiger partial charge in [0.15, 0.2) is 0 Å².